The van der Waals surface area contributed by atoms with Crippen molar-refractivity contribution in [2.24, 2.45) is 0 Å². The standard InChI is InChI=1S/C17H19NO3S/c1-12(2)14-5-3-4-6-15(14)21-16(19)7-9-18-17(20)13-8-10-22-11-13/h3-6,8,10-12H,7,9H2,1-2H3,(H,18,20). The molecular formula is C17H19NO3S. The minimum atomic E-state index is -0.348. The average Bonchev–Trinajstić information content (AvgIpc) is 3.01. The highest BCUT2D eigenvalue weighted by Crippen LogP contribution is 2.26. The molecule has 1 aromatic carbocycles. The van der Waals surface area contributed by atoms with Gasteiger partial charge in [-0.15, -0.1) is 0 Å². The molecule has 0 fully saturated rings. The fraction of sp³-hybridized carbons (Fsp3) is 0.294. The van der Waals surface area contributed by atoms with Crippen molar-refractivity contribution in [3.63, 3.8) is 0 Å². The first kappa shape index (κ1) is 16.2. The number of hydrogen-bond donors (Lipinski definition) is 1. The lowest BCUT2D eigenvalue weighted by atomic mass is 10.0. The van der Waals surface area contributed by atoms with Crippen molar-refractivity contribution < 1.29 is 14.3 Å². The quantitative estimate of drug-likeness (QED) is 0.654. The Labute approximate surface area is 134 Å². The summed E-state index contributed by atoms with van der Waals surface area (Å²) in [7, 11) is 0. The maximum absolute atomic E-state index is 11.9. The fourth-order valence-corrected chi connectivity index (χ4v) is 2.63. The largest absolute Gasteiger partial charge is 0.426 e. The second-order valence-electron chi connectivity index (χ2n) is 5.18. The van der Waals surface area contributed by atoms with Crippen LogP contribution < -0.4 is 10.1 Å². The number of carbonyl (C=O) groups is 2. The lowest BCUT2D eigenvalue weighted by Crippen LogP contribution is -2.26. The van der Waals surface area contributed by atoms with Crippen molar-refractivity contribution in [3.8, 4) is 5.75 Å². The number of benzene rings is 1. The van der Waals surface area contributed by atoms with Crippen LogP contribution in [0.5, 0.6) is 5.75 Å². The predicted octanol–water partition coefficient (Wildman–Crippen LogP) is 3.60. The number of amides is 1. The Morgan fingerprint density at radius 1 is 1.23 bits per heavy atom. The van der Waals surface area contributed by atoms with Crippen LogP contribution in [0, 0.1) is 0 Å². The van der Waals surface area contributed by atoms with Gasteiger partial charge in [0.1, 0.15) is 5.75 Å². The summed E-state index contributed by atoms with van der Waals surface area (Å²) in [6.07, 6.45) is 0.141. The van der Waals surface area contributed by atoms with Crippen molar-refractivity contribution in [2.75, 3.05) is 6.54 Å². The molecule has 4 nitrogen and oxygen atoms in total. The molecule has 1 amide bonds. The lowest BCUT2D eigenvalue weighted by molar-refractivity contribution is -0.134. The van der Waals surface area contributed by atoms with E-state index >= 15 is 0 Å². The van der Waals surface area contributed by atoms with Crippen LogP contribution in [0.4, 0.5) is 0 Å². The van der Waals surface area contributed by atoms with Gasteiger partial charge in [-0.25, -0.2) is 0 Å². The van der Waals surface area contributed by atoms with Gasteiger partial charge in [0.2, 0.25) is 0 Å². The van der Waals surface area contributed by atoms with E-state index in [9.17, 15) is 9.59 Å². The Morgan fingerprint density at radius 3 is 2.68 bits per heavy atom. The molecule has 2 aromatic rings. The summed E-state index contributed by atoms with van der Waals surface area (Å²) in [6.45, 7) is 4.36. The van der Waals surface area contributed by atoms with Crippen LogP contribution in [0.25, 0.3) is 0 Å². The molecule has 1 N–H and O–H groups in total. The third kappa shape index (κ3) is 4.43. The van der Waals surface area contributed by atoms with Gasteiger partial charge in [0.25, 0.3) is 5.91 Å². The van der Waals surface area contributed by atoms with Crippen LogP contribution >= 0.6 is 11.3 Å². The Kier molecular flexibility index (Phi) is 5.72. The van der Waals surface area contributed by atoms with Gasteiger partial charge < -0.3 is 10.1 Å². The number of thiophene rings is 1. The van der Waals surface area contributed by atoms with Crippen LogP contribution in [0.2, 0.25) is 0 Å². The molecule has 0 aliphatic carbocycles. The zero-order valence-corrected chi connectivity index (χ0v) is 13.5. The van der Waals surface area contributed by atoms with Gasteiger partial charge in [0, 0.05) is 17.5 Å². The summed E-state index contributed by atoms with van der Waals surface area (Å²) in [5.41, 5.74) is 1.61. The molecule has 0 bridgehead atoms. The molecule has 0 atom stereocenters. The summed E-state index contributed by atoms with van der Waals surface area (Å²) in [6, 6.07) is 9.25. The zero-order valence-electron chi connectivity index (χ0n) is 12.7. The van der Waals surface area contributed by atoms with Crippen LogP contribution in [-0.2, 0) is 4.79 Å². The molecular weight excluding hydrogens is 298 g/mol. The first-order valence-corrected chi connectivity index (χ1v) is 8.12. The maximum Gasteiger partial charge on any atom is 0.312 e. The van der Waals surface area contributed by atoms with Gasteiger partial charge in [-0.05, 0) is 29.0 Å². The molecule has 1 heterocycles. The van der Waals surface area contributed by atoms with Crippen molar-refractivity contribution in [2.45, 2.75) is 26.2 Å². The molecule has 5 heteroatoms. The second-order valence-corrected chi connectivity index (χ2v) is 5.96. The summed E-state index contributed by atoms with van der Waals surface area (Å²) < 4.78 is 5.39. The number of esters is 1. The molecule has 0 spiro atoms. The minimum absolute atomic E-state index is 0.141. The highest BCUT2D eigenvalue weighted by Gasteiger charge is 2.12. The first-order valence-electron chi connectivity index (χ1n) is 7.18. The summed E-state index contributed by atoms with van der Waals surface area (Å²) in [5.74, 6) is 0.351. The summed E-state index contributed by atoms with van der Waals surface area (Å²) in [4.78, 5) is 23.6. The van der Waals surface area contributed by atoms with Crippen molar-refractivity contribution >= 4 is 23.2 Å². The molecule has 0 radical (unpaired) electrons. The summed E-state index contributed by atoms with van der Waals surface area (Å²) >= 11 is 1.46. The molecule has 0 aliphatic rings. The second kappa shape index (κ2) is 7.75. The van der Waals surface area contributed by atoms with Crippen molar-refractivity contribution in [1.29, 1.82) is 0 Å². The third-order valence-electron chi connectivity index (χ3n) is 3.16. The number of carbonyl (C=O) groups excluding carboxylic acids is 2. The molecule has 0 saturated heterocycles. The monoisotopic (exact) mass is 317 g/mol. The molecule has 2 rings (SSSR count). The van der Waals surface area contributed by atoms with E-state index in [4.69, 9.17) is 4.74 Å². The molecule has 0 unspecified atom stereocenters. The maximum atomic E-state index is 11.9. The van der Waals surface area contributed by atoms with E-state index in [1.54, 1.807) is 17.5 Å². The fourth-order valence-electron chi connectivity index (χ4n) is 2.00. The van der Waals surface area contributed by atoms with Gasteiger partial charge in [0.15, 0.2) is 0 Å². The van der Waals surface area contributed by atoms with Crippen LogP contribution in [0.1, 0.15) is 42.1 Å². The molecule has 0 saturated carbocycles. The smallest absolute Gasteiger partial charge is 0.312 e. The third-order valence-corrected chi connectivity index (χ3v) is 3.85. The van der Waals surface area contributed by atoms with Gasteiger partial charge in [-0.3, -0.25) is 9.59 Å². The highest BCUT2D eigenvalue weighted by molar-refractivity contribution is 7.08. The Morgan fingerprint density at radius 2 is 2.00 bits per heavy atom. The van der Waals surface area contributed by atoms with Crippen LogP contribution in [0.3, 0.4) is 0 Å². The zero-order chi connectivity index (χ0) is 15.9. The summed E-state index contributed by atoms with van der Waals surface area (Å²) in [5, 5.41) is 6.32. The average molecular weight is 317 g/mol. The molecule has 1 aromatic heterocycles. The topological polar surface area (TPSA) is 55.4 Å². The van der Waals surface area contributed by atoms with E-state index in [2.05, 4.69) is 5.32 Å². The van der Waals surface area contributed by atoms with Gasteiger partial charge in [-0.1, -0.05) is 32.0 Å². The Hall–Kier alpha value is -2.14. The normalized spacial score (nSPS) is 10.5. The number of para-hydroxylation sites is 1. The Balaban J connectivity index is 1.82. The van der Waals surface area contributed by atoms with Gasteiger partial charge >= 0.3 is 5.97 Å². The highest BCUT2D eigenvalue weighted by atomic mass is 32.1. The SMILES string of the molecule is CC(C)c1ccccc1OC(=O)CCNC(=O)c1ccsc1. The van der Waals surface area contributed by atoms with Crippen LogP contribution in [-0.4, -0.2) is 18.4 Å². The lowest BCUT2D eigenvalue weighted by Gasteiger charge is -2.12. The number of nitrogens with one attached hydrogen (secondary N) is 1. The van der Waals surface area contributed by atoms with E-state index in [1.807, 2.05) is 37.4 Å². The number of rotatable bonds is 6. The molecule has 116 valence electrons. The van der Waals surface area contributed by atoms with Gasteiger partial charge in [-0.2, -0.15) is 11.3 Å². The molecule has 22 heavy (non-hydrogen) atoms. The predicted molar refractivity (Wildman–Crippen MR) is 87.4 cm³/mol. The number of hydrogen-bond acceptors (Lipinski definition) is 4. The van der Waals surface area contributed by atoms with E-state index in [1.165, 1.54) is 11.3 Å². The first-order chi connectivity index (χ1) is 10.6. The number of ether oxygens (including phenoxy) is 1. The minimum Gasteiger partial charge on any atom is -0.426 e. The Bertz CT molecular complexity index is 635. The van der Waals surface area contributed by atoms with E-state index in [0.717, 1.165) is 5.56 Å². The van der Waals surface area contributed by atoms with E-state index < -0.39 is 0 Å². The van der Waals surface area contributed by atoms with Crippen LogP contribution in [0.15, 0.2) is 41.1 Å². The van der Waals surface area contributed by atoms with Crippen molar-refractivity contribution in [1.82, 2.24) is 5.32 Å². The molecule has 0 aliphatic heterocycles. The van der Waals surface area contributed by atoms with Gasteiger partial charge in [0.05, 0.1) is 6.42 Å². The van der Waals surface area contributed by atoms with E-state index in [-0.39, 0.29) is 30.8 Å². The van der Waals surface area contributed by atoms with E-state index in [0.29, 0.717) is 11.3 Å². The van der Waals surface area contributed by atoms with Crippen molar-refractivity contribution in [3.05, 3.63) is 52.2 Å².